The SMILES string of the molecule is [Cl][Pd][c]1ccccc1.[Cl][Pd][c]1ccccc1. The molecule has 0 saturated heterocycles. The zero-order chi connectivity index (χ0) is 11.6. The van der Waals surface area contributed by atoms with Crippen molar-refractivity contribution in [3.8, 4) is 0 Å². The molecule has 0 aliphatic rings. The molecule has 0 aliphatic carbocycles. The summed E-state index contributed by atoms with van der Waals surface area (Å²) in [6.07, 6.45) is 0. The van der Waals surface area contributed by atoms with E-state index >= 15 is 0 Å². The Morgan fingerprint density at radius 1 is 0.562 bits per heavy atom. The number of rotatable bonds is 2. The van der Waals surface area contributed by atoms with Crippen molar-refractivity contribution in [3.63, 3.8) is 0 Å². The fraction of sp³-hybridized carbons (Fsp3) is 0. The molecule has 0 fully saturated rings. The van der Waals surface area contributed by atoms with E-state index in [1.54, 1.807) is 0 Å². The Balaban J connectivity index is 0.000000160. The molecule has 16 heavy (non-hydrogen) atoms. The average molecular weight is 438 g/mol. The standard InChI is InChI=1S/2C6H5.2ClH.2Pd/c2*1-2-4-6-5-3-1;;;;/h2*1-5H;2*1H;;/q;;;;2*+1/p-2. The Kier molecular flexibility index (Phi) is 8.45. The van der Waals surface area contributed by atoms with E-state index in [0.29, 0.717) is 0 Å². The Morgan fingerprint density at radius 3 is 1.06 bits per heavy atom. The summed E-state index contributed by atoms with van der Waals surface area (Å²) in [6, 6.07) is 20.1. The van der Waals surface area contributed by atoms with Crippen molar-refractivity contribution < 1.29 is 33.9 Å². The van der Waals surface area contributed by atoms with Gasteiger partial charge in [-0.05, 0) is 0 Å². The summed E-state index contributed by atoms with van der Waals surface area (Å²) < 4.78 is 2.45. The number of benzene rings is 2. The maximum atomic E-state index is 5.58. The summed E-state index contributed by atoms with van der Waals surface area (Å²) in [5.41, 5.74) is 0. The van der Waals surface area contributed by atoms with E-state index in [1.165, 1.54) is 8.07 Å². The van der Waals surface area contributed by atoms with E-state index in [1.807, 2.05) is 60.7 Å². The molecule has 92 valence electrons. The number of halogens is 2. The van der Waals surface area contributed by atoms with Crippen LogP contribution in [0.15, 0.2) is 60.7 Å². The van der Waals surface area contributed by atoms with Crippen molar-refractivity contribution in [1.82, 2.24) is 0 Å². The summed E-state index contributed by atoms with van der Waals surface area (Å²) >= 11 is 0.469. The third-order valence-corrected chi connectivity index (χ3v) is 4.91. The van der Waals surface area contributed by atoms with Crippen molar-refractivity contribution in [2.45, 2.75) is 0 Å². The second kappa shape index (κ2) is 9.38. The molecule has 0 aliphatic heterocycles. The number of hydrogen-bond donors (Lipinski definition) is 0. The van der Waals surface area contributed by atoms with Gasteiger partial charge in [-0.25, -0.2) is 0 Å². The van der Waals surface area contributed by atoms with Crippen LogP contribution in [0.25, 0.3) is 0 Å². The predicted octanol–water partition coefficient (Wildman–Crippen LogP) is 3.10. The van der Waals surface area contributed by atoms with Gasteiger partial charge in [0.15, 0.2) is 0 Å². The van der Waals surface area contributed by atoms with Gasteiger partial charge in [-0.3, -0.25) is 0 Å². The molecule has 4 heteroatoms. The van der Waals surface area contributed by atoms with Gasteiger partial charge >= 0.3 is 122 Å². The summed E-state index contributed by atoms with van der Waals surface area (Å²) in [5, 5.41) is 0. The molecule has 0 aromatic heterocycles. The second-order valence-electron chi connectivity index (χ2n) is 2.64. The van der Waals surface area contributed by atoms with Crippen LogP contribution < -0.4 is 8.07 Å². The first kappa shape index (κ1) is 14.4. The molecule has 0 bridgehead atoms. The van der Waals surface area contributed by atoms with Crippen LogP contribution in [-0.4, -0.2) is 0 Å². The molecule has 0 amide bonds. The number of hydrogen-bond acceptors (Lipinski definition) is 0. The van der Waals surface area contributed by atoms with Crippen LogP contribution in [0.4, 0.5) is 0 Å². The van der Waals surface area contributed by atoms with Crippen LogP contribution in [-0.2, 0) is 33.9 Å². The molecule has 0 heterocycles. The van der Waals surface area contributed by atoms with Gasteiger partial charge in [0.25, 0.3) is 0 Å². The Hall–Kier alpha value is 0.345. The molecule has 0 saturated carbocycles. The predicted molar refractivity (Wildman–Crippen MR) is 63.9 cm³/mol. The molecule has 0 N–H and O–H groups in total. The fourth-order valence-electron chi connectivity index (χ4n) is 0.885. The van der Waals surface area contributed by atoms with E-state index < -0.39 is 0 Å². The maximum absolute atomic E-state index is 5.58. The molecule has 0 unspecified atom stereocenters. The topological polar surface area (TPSA) is 0 Å². The summed E-state index contributed by atoms with van der Waals surface area (Å²) in [5.74, 6) is 0. The fourth-order valence-corrected chi connectivity index (χ4v) is 2.82. The van der Waals surface area contributed by atoms with Crippen LogP contribution in [0.3, 0.4) is 0 Å². The van der Waals surface area contributed by atoms with E-state index in [9.17, 15) is 0 Å². The van der Waals surface area contributed by atoms with E-state index in [2.05, 4.69) is 0 Å². The van der Waals surface area contributed by atoms with E-state index in [4.69, 9.17) is 19.1 Å². The van der Waals surface area contributed by atoms with Crippen molar-refractivity contribution in [3.05, 3.63) is 60.7 Å². The van der Waals surface area contributed by atoms with Crippen molar-refractivity contribution in [1.29, 1.82) is 0 Å². The molecule has 0 radical (unpaired) electrons. The summed E-state index contributed by atoms with van der Waals surface area (Å²) in [7, 11) is 11.2. The molecule has 2 aromatic rings. The van der Waals surface area contributed by atoms with Gasteiger partial charge in [0.1, 0.15) is 0 Å². The van der Waals surface area contributed by atoms with Gasteiger partial charge in [-0.15, -0.1) is 0 Å². The Morgan fingerprint density at radius 2 is 0.875 bits per heavy atom. The van der Waals surface area contributed by atoms with Gasteiger partial charge in [0.2, 0.25) is 0 Å². The quantitative estimate of drug-likeness (QED) is 0.633. The molecule has 2 rings (SSSR count). The monoisotopic (exact) mass is 436 g/mol. The Bertz CT molecular complexity index is 339. The first-order valence-electron chi connectivity index (χ1n) is 4.38. The minimum absolute atomic E-state index is 0.235. The van der Waals surface area contributed by atoms with Crippen LogP contribution in [0.1, 0.15) is 0 Å². The van der Waals surface area contributed by atoms with Gasteiger partial charge in [0, 0.05) is 0 Å². The van der Waals surface area contributed by atoms with Crippen molar-refractivity contribution >= 4 is 27.1 Å². The van der Waals surface area contributed by atoms with Gasteiger partial charge in [-0.1, -0.05) is 0 Å². The van der Waals surface area contributed by atoms with Gasteiger partial charge in [0.05, 0.1) is 0 Å². The summed E-state index contributed by atoms with van der Waals surface area (Å²) in [6.45, 7) is 0. The average Bonchev–Trinajstić information content (AvgIpc) is 2.41. The van der Waals surface area contributed by atoms with E-state index in [0.717, 1.165) is 0 Å². The zero-order valence-corrected chi connectivity index (χ0v) is 12.8. The normalized spacial score (nSPS) is 9.62. The molecule has 0 spiro atoms. The second-order valence-corrected chi connectivity index (χ2v) is 6.44. The zero-order valence-electron chi connectivity index (χ0n) is 8.16. The Labute approximate surface area is 121 Å². The van der Waals surface area contributed by atoms with Gasteiger partial charge in [-0.2, -0.15) is 0 Å². The molecular formula is C12H10Cl2Pd2. The third-order valence-electron chi connectivity index (χ3n) is 1.56. The third kappa shape index (κ3) is 6.17. The van der Waals surface area contributed by atoms with Crippen molar-refractivity contribution in [2.75, 3.05) is 0 Å². The van der Waals surface area contributed by atoms with Crippen molar-refractivity contribution in [2.24, 2.45) is 0 Å². The molecular weight excluding hydrogens is 428 g/mol. The van der Waals surface area contributed by atoms with Crippen LogP contribution in [0.2, 0.25) is 0 Å². The summed E-state index contributed by atoms with van der Waals surface area (Å²) in [4.78, 5) is 0. The molecule has 2 aromatic carbocycles. The van der Waals surface area contributed by atoms with Gasteiger partial charge < -0.3 is 0 Å². The minimum atomic E-state index is 0.235. The molecule has 0 atom stereocenters. The van der Waals surface area contributed by atoms with Crippen LogP contribution in [0, 0.1) is 0 Å². The van der Waals surface area contributed by atoms with E-state index in [-0.39, 0.29) is 33.9 Å². The van der Waals surface area contributed by atoms with Crippen LogP contribution >= 0.6 is 19.1 Å². The first-order valence-corrected chi connectivity index (χ1v) is 9.93. The first-order chi connectivity index (χ1) is 7.86. The van der Waals surface area contributed by atoms with Crippen LogP contribution in [0.5, 0.6) is 0 Å². The molecule has 0 nitrogen and oxygen atoms in total.